The lowest BCUT2D eigenvalue weighted by Gasteiger charge is -2.24. The summed E-state index contributed by atoms with van der Waals surface area (Å²) in [7, 11) is 2.06. The average molecular weight is 346 g/mol. The number of aromatic nitrogens is 2. The summed E-state index contributed by atoms with van der Waals surface area (Å²) in [5, 5.41) is 8.28. The second-order valence-corrected chi connectivity index (χ2v) is 7.12. The van der Waals surface area contributed by atoms with Crippen LogP contribution in [0.3, 0.4) is 0 Å². The number of aryl methyl sites for hydroxylation is 2. The van der Waals surface area contributed by atoms with Gasteiger partial charge in [-0.25, -0.2) is 0 Å². The Morgan fingerprint density at radius 1 is 1.53 bits per heavy atom. The molecule has 1 aromatic heterocycles. The fourth-order valence-electron chi connectivity index (χ4n) is 2.79. The summed E-state index contributed by atoms with van der Waals surface area (Å²) < 4.78 is 3.26. The highest BCUT2D eigenvalue weighted by atomic mass is 79.9. The fraction of sp³-hybridized carbons (Fsp3) is 0.786. The Bertz CT molecular complexity index is 413. The molecule has 0 amide bonds. The maximum atomic E-state index is 4.61. The van der Waals surface area contributed by atoms with Crippen LogP contribution >= 0.6 is 27.7 Å². The van der Waals surface area contributed by atoms with Gasteiger partial charge >= 0.3 is 0 Å². The fourth-order valence-corrected chi connectivity index (χ4v) is 4.90. The quantitative estimate of drug-likeness (QED) is 0.859. The third kappa shape index (κ3) is 3.56. The molecule has 2 heterocycles. The molecule has 0 saturated carbocycles. The first-order valence-electron chi connectivity index (χ1n) is 7.18. The van der Waals surface area contributed by atoms with Gasteiger partial charge in [0, 0.05) is 19.5 Å². The third-order valence-electron chi connectivity index (χ3n) is 3.92. The molecule has 2 unspecified atom stereocenters. The van der Waals surface area contributed by atoms with Gasteiger partial charge in [0.05, 0.1) is 15.9 Å². The van der Waals surface area contributed by atoms with E-state index in [0.717, 1.165) is 25.3 Å². The van der Waals surface area contributed by atoms with Gasteiger partial charge in [0.1, 0.15) is 0 Å². The van der Waals surface area contributed by atoms with Crippen molar-refractivity contribution in [1.29, 1.82) is 0 Å². The van der Waals surface area contributed by atoms with Gasteiger partial charge in [0.15, 0.2) is 0 Å². The number of thioether (sulfide) groups is 1. The highest BCUT2D eigenvalue weighted by molar-refractivity contribution is 9.10. The van der Waals surface area contributed by atoms with Crippen LogP contribution in [0.4, 0.5) is 0 Å². The molecule has 0 aliphatic carbocycles. The Labute approximate surface area is 129 Å². The smallest absolute Gasteiger partial charge is 0.0766 e. The Balaban J connectivity index is 2.14. The molecule has 5 heteroatoms. The first-order chi connectivity index (χ1) is 9.17. The molecular weight excluding hydrogens is 322 g/mol. The zero-order chi connectivity index (χ0) is 13.8. The standard InChI is InChI=1S/C14H24BrN3S/c1-4-11-14(15)13(18(3)17-11)8-12(16-5-2)10-6-7-19-9-10/h10,12,16H,4-9H2,1-3H3. The van der Waals surface area contributed by atoms with Gasteiger partial charge in [-0.3, -0.25) is 4.68 Å². The van der Waals surface area contributed by atoms with Crippen molar-refractivity contribution in [2.24, 2.45) is 13.0 Å². The predicted molar refractivity (Wildman–Crippen MR) is 86.9 cm³/mol. The van der Waals surface area contributed by atoms with Crippen molar-refractivity contribution in [3.63, 3.8) is 0 Å². The molecule has 3 nitrogen and oxygen atoms in total. The molecule has 1 fully saturated rings. The third-order valence-corrected chi connectivity index (χ3v) is 6.02. The lowest BCUT2D eigenvalue weighted by atomic mass is 9.95. The maximum Gasteiger partial charge on any atom is 0.0766 e. The van der Waals surface area contributed by atoms with E-state index in [0.29, 0.717) is 6.04 Å². The minimum Gasteiger partial charge on any atom is -0.314 e. The minimum atomic E-state index is 0.580. The van der Waals surface area contributed by atoms with E-state index in [4.69, 9.17) is 0 Å². The topological polar surface area (TPSA) is 29.9 Å². The van der Waals surface area contributed by atoms with Crippen molar-refractivity contribution < 1.29 is 0 Å². The van der Waals surface area contributed by atoms with E-state index in [-0.39, 0.29) is 0 Å². The molecule has 1 aliphatic rings. The van der Waals surface area contributed by atoms with E-state index >= 15 is 0 Å². The largest absolute Gasteiger partial charge is 0.314 e. The molecule has 1 N–H and O–H groups in total. The van der Waals surface area contributed by atoms with Gasteiger partial charge in [-0.1, -0.05) is 13.8 Å². The summed E-state index contributed by atoms with van der Waals surface area (Å²) in [5.74, 6) is 3.42. The molecule has 0 aromatic carbocycles. The van der Waals surface area contributed by atoms with Crippen LogP contribution in [0, 0.1) is 5.92 Å². The van der Waals surface area contributed by atoms with Crippen molar-refractivity contribution in [2.45, 2.75) is 39.2 Å². The van der Waals surface area contributed by atoms with Crippen LogP contribution in [-0.4, -0.2) is 33.9 Å². The summed E-state index contributed by atoms with van der Waals surface area (Å²) in [6.45, 7) is 5.40. The van der Waals surface area contributed by atoms with Crippen LogP contribution in [0.25, 0.3) is 0 Å². The molecule has 0 bridgehead atoms. The van der Waals surface area contributed by atoms with Crippen LogP contribution in [0.2, 0.25) is 0 Å². The van der Waals surface area contributed by atoms with Gasteiger partial charge < -0.3 is 5.32 Å². The number of likely N-dealkylation sites (N-methyl/N-ethyl adjacent to an activating group) is 1. The van der Waals surface area contributed by atoms with Gasteiger partial charge in [0.25, 0.3) is 0 Å². The van der Waals surface area contributed by atoms with Crippen molar-refractivity contribution in [2.75, 3.05) is 18.1 Å². The first-order valence-corrected chi connectivity index (χ1v) is 9.13. The van der Waals surface area contributed by atoms with Crippen LogP contribution in [0.15, 0.2) is 4.47 Å². The average Bonchev–Trinajstić information content (AvgIpc) is 3.01. The molecule has 0 spiro atoms. The lowest BCUT2D eigenvalue weighted by molar-refractivity contribution is 0.380. The van der Waals surface area contributed by atoms with Gasteiger partial charge in [-0.15, -0.1) is 0 Å². The summed E-state index contributed by atoms with van der Waals surface area (Å²) in [4.78, 5) is 0. The summed E-state index contributed by atoms with van der Waals surface area (Å²) >= 11 is 5.83. The van der Waals surface area contributed by atoms with Gasteiger partial charge in [-0.2, -0.15) is 16.9 Å². The van der Waals surface area contributed by atoms with Crippen LogP contribution in [0.5, 0.6) is 0 Å². The Hall–Kier alpha value is -0.000000000000000111. The highest BCUT2D eigenvalue weighted by Crippen LogP contribution is 2.30. The van der Waals surface area contributed by atoms with Gasteiger partial charge in [-0.05, 0) is 52.7 Å². The van der Waals surface area contributed by atoms with E-state index < -0.39 is 0 Å². The maximum absolute atomic E-state index is 4.61. The molecule has 1 saturated heterocycles. The molecule has 2 rings (SSSR count). The van der Waals surface area contributed by atoms with E-state index in [1.807, 2.05) is 0 Å². The van der Waals surface area contributed by atoms with Crippen LogP contribution < -0.4 is 5.32 Å². The van der Waals surface area contributed by atoms with Crippen molar-refractivity contribution in [1.82, 2.24) is 15.1 Å². The van der Waals surface area contributed by atoms with E-state index in [2.05, 4.69) is 63.7 Å². The van der Waals surface area contributed by atoms with Crippen LogP contribution in [0.1, 0.15) is 31.7 Å². The zero-order valence-corrected chi connectivity index (χ0v) is 14.5. The number of hydrogen-bond donors (Lipinski definition) is 1. The van der Waals surface area contributed by atoms with Crippen molar-refractivity contribution in [3.8, 4) is 0 Å². The Kier molecular flexibility index (Phi) is 5.78. The molecule has 108 valence electrons. The second-order valence-electron chi connectivity index (χ2n) is 5.18. The minimum absolute atomic E-state index is 0.580. The van der Waals surface area contributed by atoms with Crippen LogP contribution in [-0.2, 0) is 19.9 Å². The number of rotatable bonds is 6. The monoisotopic (exact) mass is 345 g/mol. The first kappa shape index (κ1) is 15.4. The second kappa shape index (κ2) is 7.14. The number of nitrogens with zero attached hydrogens (tertiary/aromatic N) is 2. The van der Waals surface area contributed by atoms with E-state index in [9.17, 15) is 0 Å². The normalized spacial score (nSPS) is 20.9. The molecule has 2 atom stereocenters. The SMILES string of the molecule is CCNC(Cc1c(Br)c(CC)nn1C)C1CCSC1. The number of nitrogens with one attached hydrogen (secondary N) is 1. The lowest BCUT2D eigenvalue weighted by Crippen LogP contribution is -2.38. The Morgan fingerprint density at radius 2 is 2.32 bits per heavy atom. The van der Waals surface area contributed by atoms with E-state index in [1.165, 1.54) is 33.8 Å². The molecular formula is C14H24BrN3S. The van der Waals surface area contributed by atoms with Crippen molar-refractivity contribution in [3.05, 3.63) is 15.9 Å². The highest BCUT2D eigenvalue weighted by Gasteiger charge is 2.27. The van der Waals surface area contributed by atoms with Gasteiger partial charge in [0.2, 0.25) is 0 Å². The summed E-state index contributed by atoms with van der Waals surface area (Å²) in [6.07, 6.45) is 3.40. The Morgan fingerprint density at radius 3 is 2.84 bits per heavy atom. The van der Waals surface area contributed by atoms with Crippen molar-refractivity contribution >= 4 is 27.7 Å². The summed E-state index contributed by atoms with van der Waals surface area (Å²) in [5.41, 5.74) is 2.51. The van der Waals surface area contributed by atoms with E-state index in [1.54, 1.807) is 0 Å². The number of hydrogen-bond acceptors (Lipinski definition) is 3. The molecule has 0 radical (unpaired) electrons. The molecule has 1 aliphatic heterocycles. The molecule has 1 aromatic rings. The summed E-state index contributed by atoms with van der Waals surface area (Å²) in [6, 6.07) is 0.580. The predicted octanol–water partition coefficient (Wildman–Crippen LogP) is 3.02. The number of halogens is 1. The zero-order valence-electron chi connectivity index (χ0n) is 12.1. The molecule has 19 heavy (non-hydrogen) atoms.